The number of halogens is 3. The van der Waals surface area contributed by atoms with Crippen LogP contribution in [-0.2, 0) is 0 Å². The average molecular weight is 395 g/mol. The molecule has 0 aliphatic heterocycles. The fourth-order valence-electron chi connectivity index (χ4n) is 1.66. The lowest BCUT2D eigenvalue weighted by Gasteiger charge is -2.14. The molecule has 18 heavy (non-hydrogen) atoms. The van der Waals surface area contributed by atoms with Crippen molar-refractivity contribution < 1.29 is 9.13 Å². The maximum Gasteiger partial charge on any atom is 0.170 e. The molecule has 2 nitrogen and oxygen atoms in total. The predicted molar refractivity (Wildman–Crippen MR) is 78.7 cm³/mol. The second kappa shape index (κ2) is 5.69. The van der Waals surface area contributed by atoms with Gasteiger partial charge in [0, 0.05) is 5.56 Å². The molecule has 2 rings (SSSR count). The molecular weight excluding hydrogens is 385 g/mol. The van der Waals surface area contributed by atoms with Gasteiger partial charge in [0.05, 0.1) is 20.7 Å². The van der Waals surface area contributed by atoms with Crippen LogP contribution in [0.2, 0.25) is 0 Å². The number of hydrogen-bond acceptors (Lipinski definition) is 3. The lowest BCUT2D eigenvalue weighted by molar-refractivity contribution is 0.383. The second-order valence-corrected chi connectivity index (χ2v) is 7.37. The monoisotopic (exact) mass is 393 g/mol. The molecule has 0 amide bonds. The van der Waals surface area contributed by atoms with Crippen molar-refractivity contribution in [2.75, 3.05) is 7.11 Å². The van der Waals surface area contributed by atoms with E-state index in [9.17, 15) is 4.39 Å². The van der Waals surface area contributed by atoms with Gasteiger partial charge >= 0.3 is 0 Å². The van der Waals surface area contributed by atoms with Crippen molar-refractivity contribution in [3.05, 3.63) is 48.8 Å². The molecular formula is C12H10Br2FNOS. The third-order valence-electron chi connectivity index (χ3n) is 2.57. The van der Waals surface area contributed by atoms with Gasteiger partial charge in [-0.3, -0.25) is 0 Å². The van der Waals surface area contributed by atoms with E-state index in [0.29, 0.717) is 5.56 Å². The van der Waals surface area contributed by atoms with Gasteiger partial charge in [-0.2, -0.15) is 0 Å². The van der Waals surface area contributed by atoms with Crippen molar-refractivity contribution >= 4 is 43.2 Å². The van der Waals surface area contributed by atoms with Crippen LogP contribution in [0.5, 0.6) is 5.75 Å². The first-order valence-electron chi connectivity index (χ1n) is 5.07. The quantitative estimate of drug-likeness (QED) is 0.833. The van der Waals surface area contributed by atoms with E-state index in [2.05, 4.69) is 31.9 Å². The van der Waals surface area contributed by atoms with Gasteiger partial charge < -0.3 is 10.5 Å². The first-order valence-corrected chi connectivity index (χ1v) is 7.47. The first-order chi connectivity index (χ1) is 8.54. The lowest BCUT2D eigenvalue weighted by atomic mass is 10.0. The maximum absolute atomic E-state index is 14.1. The highest BCUT2D eigenvalue weighted by Crippen LogP contribution is 2.38. The summed E-state index contributed by atoms with van der Waals surface area (Å²) in [6.45, 7) is 0. The molecule has 0 fully saturated rings. The Balaban J connectivity index is 2.46. The van der Waals surface area contributed by atoms with Gasteiger partial charge in [0.15, 0.2) is 11.6 Å². The number of methoxy groups -OCH3 is 1. The highest BCUT2D eigenvalue weighted by atomic mass is 79.9. The van der Waals surface area contributed by atoms with E-state index in [1.54, 1.807) is 18.2 Å². The summed E-state index contributed by atoms with van der Waals surface area (Å²) >= 11 is 8.32. The average Bonchev–Trinajstić information content (AvgIpc) is 2.68. The van der Waals surface area contributed by atoms with Crippen LogP contribution in [0.1, 0.15) is 17.2 Å². The third-order valence-corrected chi connectivity index (χ3v) is 4.95. The first kappa shape index (κ1) is 14.0. The Labute approximate surface area is 125 Å². The molecule has 1 atom stereocenters. The minimum Gasteiger partial charge on any atom is -0.494 e. The zero-order valence-electron chi connectivity index (χ0n) is 9.41. The molecule has 1 unspecified atom stereocenters. The Hall–Kier alpha value is -0.430. The van der Waals surface area contributed by atoms with Crippen LogP contribution in [0.4, 0.5) is 4.39 Å². The lowest BCUT2D eigenvalue weighted by Crippen LogP contribution is -2.13. The molecule has 0 saturated heterocycles. The van der Waals surface area contributed by atoms with Crippen LogP contribution in [0.15, 0.2) is 31.8 Å². The summed E-state index contributed by atoms with van der Waals surface area (Å²) in [5, 5.41) is 0. The highest BCUT2D eigenvalue weighted by molar-refractivity contribution is 9.12. The SMILES string of the molecule is COc1cccc(C(N)c2cc(Br)sc2Br)c1F. The van der Waals surface area contributed by atoms with Crippen molar-refractivity contribution in [3.63, 3.8) is 0 Å². The minimum absolute atomic E-state index is 0.202. The van der Waals surface area contributed by atoms with Gasteiger partial charge in [-0.05, 0) is 49.6 Å². The van der Waals surface area contributed by atoms with Gasteiger partial charge in [0.2, 0.25) is 0 Å². The third kappa shape index (κ3) is 2.61. The molecule has 6 heteroatoms. The van der Waals surface area contributed by atoms with E-state index in [1.165, 1.54) is 18.4 Å². The van der Waals surface area contributed by atoms with Crippen LogP contribution in [0.3, 0.4) is 0 Å². The number of rotatable bonds is 3. The maximum atomic E-state index is 14.1. The van der Waals surface area contributed by atoms with Gasteiger partial charge in [-0.25, -0.2) is 4.39 Å². The number of ether oxygens (including phenoxy) is 1. The number of nitrogens with two attached hydrogens (primary N) is 1. The van der Waals surface area contributed by atoms with E-state index < -0.39 is 11.9 Å². The van der Waals surface area contributed by atoms with Gasteiger partial charge in [0.1, 0.15) is 0 Å². The summed E-state index contributed by atoms with van der Waals surface area (Å²) < 4.78 is 20.9. The van der Waals surface area contributed by atoms with Crippen molar-refractivity contribution in [1.82, 2.24) is 0 Å². The number of benzene rings is 1. The number of thiophene rings is 1. The van der Waals surface area contributed by atoms with Crippen molar-refractivity contribution in [1.29, 1.82) is 0 Å². The summed E-state index contributed by atoms with van der Waals surface area (Å²) in [7, 11) is 1.44. The number of hydrogen-bond donors (Lipinski definition) is 1. The molecule has 1 heterocycles. The fraction of sp³-hybridized carbons (Fsp3) is 0.167. The molecule has 0 aliphatic rings. The zero-order chi connectivity index (χ0) is 13.3. The van der Waals surface area contributed by atoms with E-state index in [-0.39, 0.29) is 5.75 Å². The molecule has 0 spiro atoms. The summed E-state index contributed by atoms with van der Waals surface area (Å²) in [6.07, 6.45) is 0. The predicted octanol–water partition coefficient (Wildman–Crippen LogP) is 4.47. The summed E-state index contributed by atoms with van der Waals surface area (Å²) in [5.74, 6) is -0.213. The van der Waals surface area contributed by atoms with Crippen molar-refractivity contribution in [2.24, 2.45) is 5.73 Å². The summed E-state index contributed by atoms with van der Waals surface area (Å²) in [5.41, 5.74) is 7.38. The second-order valence-electron chi connectivity index (χ2n) is 3.62. The van der Waals surface area contributed by atoms with E-state index in [1.807, 2.05) is 6.07 Å². The molecule has 2 aromatic rings. The molecule has 0 radical (unpaired) electrons. The van der Waals surface area contributed by atoms with E-state index in [4.69, 9.17) is 10.5 Å². The van der Waals surface area contributed by atoms with Crippen LogP contribution in [-0.4, -0.2) is 7.11 Å². The van der Waals surface area contributed by atoms with Gasteiger partial charge in [-0.1, -0.05) is 12.1 Å². The highest BCUT2D eigenvalue weighted by Gasteiger charge is 2.20. The molecule has 0 saturated carbocycles. The Morgan fingerprint density at radius 1 is 1.33 bits per heavy atom. The molecule has 96 valence electrons. The van der Waals surface area contributed by atoms with Crippen molar-refractivity contribution in [3.8, 4) is 5.75 Å². The van der Waals surface area contributed by atoms with Gasteiger partial charge in [0.25, 0.3) is 0 Å². The van der Waals surface area contributed by atoms with Crippen LogP contribution in [0, 0.1) is 5.82 Å². The van der Waals surface area contributed by atoms with Crippen LogP contribution < -0.4 is 10.5 Å². The van der Waals surface area contributed by atoms with Crippen LogP contribution >= 0.6 is 43.2 Å². The Bertz CT molecular complexity index is 573. The molecule has 2 N–H and O–H groups in total. The molecule has 1 aromatic carbocycles. The topological polar surface area (TPSA) is 35.2 Å². The fourth-order valence-corrected chi connectivity index (χ4v) is 4.59. The Morgan fingerprint density at radius 3 is 2.61 bits per heavy atom. The standard InChI is InChI=1S/C12H10Br2FNOS/c1-17-8-4-2-3-6(10(8)15)11(16)7-5-9(13)18-12(7)14/h2-5,11H,16H2,1H3. The normalized spacial score (nSPS) is 12.5. The summed E-state index contributed by atoms with van der Waals surface area (Å²) in [4.78, 5) is 0. The Morgan fingerprint density at radius 2 is 2.06 bits per heavy atom. The molecule has 1 aromatic heterocycles. The largest absolute Gasteiger partial charge is 0.494 e. The smallest absolute Gasteiger partial charge is 0.170 e. The minimum atomic E-state index is -0.531. The van der Waals surface area contributed by atoms with Crippen molar-refractivity contribution in [2.45, 2.75) is 6.04 Å². The van der Waals surface area contributed by atoms with Crippen LogP contribution in [0.25, 0.3) is 0 Å². The Kier molecular flexibility index (Phi) is 4.42. The summed E-state index contributed by atoms with van der Waals surface area (Å²) in [6, 6.07) is 6.33. The zero-order valence-corrected chi connectivity index (χ0v) is 13.4. The molecule has 0 bridgehead atoms. The van der Waals surface area contributed by atoms with E-state index >= 15 is 0 Å². The molecule has 0 aliphatic carbocycles. The van der Waals surface area contributed by atoms with Gasteiger partial charge in [-0.15, -0.1) is 11.3 Å². The van der Waals surface area contributed by atoms with E-state index in [0.717, 1.165) is 13.1 Å².